The molecule has 0 amide bonds. The van der Waals surface area contributed by atoms with Crippen molar-refractivity contribution in [3.8, 4) is 0 Å². The number of rotatable bonds is 6. The van der Waals surface area contributed by atoms with E-state index in [1.807, 2.05) is 7.05 Å². The fraction of sp³-hybridized carbons (Fsp3) is 0.370. The average Bonchev–Trinajstić information content (AvgIpc) is 3.08. The molecule has 2 aromatic carbocycles. The van der Waals surface area contributed by atoms with Crippen molar-refractivity contribution in [3.63, 3.8) is 0 Å². The van der Waals surface area contributed by atoms with E-state index < -0.39 is 0 Å². The molecule has 3 rings (SSSR count). The monoisotopic (exact) mass is 415 g/mol. The van der Waals surface area contributed by atoms with Crippen LogP contribution in [0, 0.1) is 41.5 Å². The Hall–Kier alpha value is -3.01. The summed E-state index contributed by atoms with van der Waals surface area (Å²) in [6.07, 6.45) is 7.04. The maximum Gasteiger partial charge on any atom is 0.243 e. The minimum Gasteiger partial charge on any atom is -0.251 e. The maximum atomic E-state index is 5.20. The summed E-state index contributed by atoms with van der Waals surface area (Å²) in [5, 5.41) is 0. The summed E-state index contributed by atoms with van der Waals surface area (Å²) in [6.45, 7) is 15.7. The topological polar surface area (TPSA) is 33.5 Å². The molecule has 0 aliphatic heterocycles. The minimum atomic E-state index is 0.685. The van der Waals surface area contributed by atoms with Gasteiger partial charge >= 0.3 is 0 Å². The third-order valence-corrected chi connectivity index (χ3v) is 5.59. The van der Waals surface area contributed by atoms with Crippen LogP contribution in [0.4, 0.5) is 11.4 Å². The highest BCUT2D eigenvalue weighted by Gasteiger charge is 2.16. The van der Waals surface area contributed by atoms with Gasteiger partial charge in [0.1, 0.15) is 24.7 Å². The maximum absolute atomic E-state index is 5.20. The second-order valence-electron chi connectivity index (χ2n) is 8.72. The first kappa shape index (κ1) is 22.7. The van der Waals surface area contributed by atoms with Crippen LogP contribution in [0.15, 0.2) is 53.0 Å². The quantitative estimate of drug-likeness (QED) is 0.343. The lowest BCUT2D eigenvalue weighted by atomic mass is 10.0. The number of benzene rings is 2. The number of aryl methyl sites for hydroxylation is 7. The molecule has 31 heavy (non-hydrogen) atoms. The van der Waals surface area contributed by atoms with E-state index in [9.17, 15) is 0 Å². The van der Waals surface area contributed by atoms with Gasteiger partial charge in [0.05, 0.1) is 24.1 Å². The van der Waals surface area contributed by atoms with Crippen molar-refractivity contribution in [2.24, 2.45) is 17.0 Å². The Morgan fingerprint density at radius 1 is 0.774 bits per heavy atom. The third-order valence-electron chi connectivity index (χ3n) is 5.59. The second kappa shape index (κ2) is 9.42. The fourth-order valence-electron chi connectivity index (χ4n) is 4.27. The summed E-state index contributed by atoms with van der Waals surface area (Å²) < 4.78 is 4.22. The number of imidazole rings is 1. The molecule has 4 heteroatoms. The molecule has 0 spiro atoms. The highest BCUT2D eigenvalue weighted by molar-refractivity contribution is 6.42. The van der Waals surface area contributed by atoms with Crippen molar-refractivity contribution in [1.82, 2.24) is 4.57 Å². The lowest BCUT2D eigenvalue weighted by Gasteiger charge is -2.13. The van der Waals surface area contributed by atoms with Gasteiger partial charge in [-0.25, -0.2) is 14.1 Å². The zero-order valence-electron chi connectivity index (χ0n) is 20.2. The molecule has 0 fully saturated rings. The first-order valence-electron chi connectivity index (χ1n) is 11.0. The van der Waals surface area contributed by atoms with E-state index >= 15 is 0 Å². The van der Waals surface area contributed by atoms with Crippen LogP contribution in [-0.4, -0.2) is 16.0 Å². The first-order valence-corrected chi connectivity index (χ1v) is 11.0. The summed E-state index contributed by atoms with van der Waals surface area (Å²) >= 11 is 0. The molecule has 4 nitrogen and oxygen atoms in total. The predicted molar refractivity (Wildman–Crippen MR) is 131 cm³/mol. The van der Waals surface area contributed by atoms with E-state index in [1.165, 1.54) is 33.4 Å². The molecule has 1 aromatic heterocycles. The molecule has 0 bridgehead atoms. The smallest absolute Gasteiger partial charge is 0.243 e. The molecule has 0 unspecified atom stereocenters. The van der Waals surface area contributed by atoms with Gasteiger partial charge in [-0.3, -0.25) is 4.99 Å². The summed E-state index contributed by atoms with van der Waals surface area (Å²) in [4.78, 5) is 10.4. The van der Waals surface area contributed by atoms with Gasteiger partial charge in [-0.2, -0.15) is 0 Å². The number of hydrogen-bond acceptors (Lipinski definition) is 2. The average molecular weight is 416 g/mol. The van der Waals surface area contributed by atoms with Crippen LogP contribution in [0.25, 0.3) is 0 Å². The molecule has 0 saturated carbocycles. The van der Waals surface area contributed by atoms with Crippen molar-refractivity contribution < 1.29 is 4.57 Å². The Morgan fingerprint density at radius 3 is 1.61 bits per heavy atom. The molecule has 0 aliphatic rings. The highest BCUT2D eigenvalue weighted by Crippen LogP contribution is 2.28. The largest absolute Gasteiger partial charge is 0.251 e. The van der Waals surface area contributed by atoms with Crippen molar-refractivity contribution >= 4 is 22.8 Å². The van der Waals surface area contributed by atoms with E-state index in [4.69, 9.17) is 9.98 Å². The van der Waals surface area contributed by atoms with Crippen LogP contribution in [0.3, 0.4) is 0 Å². The van der Waals surface area contributed by atoms with E-state index in [0.29, 0.717) is 6.54 Å². The first-order chi connectivity index (χ1) is 14.7. The van der Waals surface area contributed by atoms with Gasteiger partial charge in [0, 0.05) is 0 Å². The minimum absolute atomic E-state index is 0.685. The zero-order valence-corrected chi connectivity index (χ0v) is 20.2. The molecular weight excluding hydrogens is 380 g/mol. The van der Waals surface area contributed by atoms with E-state index in [1.54, 1.807) is 0 Å². The van der Waals surface area contributed by atoms with Crippen LogP contribution >= 0.6 is 0 Å². The molecule has 0 atom stereocenters. The molecular formula is C27H35N4+. The lowest BCUT2D eigenvalue weighted by molar-refractivity contribution is -0.681. The van der Waals surface area contributed by atoms with Crippen LogP contribution in [0.2, 0.25) is 0 Å². The van der Waals surface area contributed by atoms with E-state index in [0.717, 1.165) is 29.2 Å². The lowest BCUT2D eigenvalue weighted by Crippen LogP contribution is -2.38. The van der Waals surface area contributed by atoms with Crippen LogP contribution in [0.1, 0.15) is 46.7 Å². The van der Waals surface area contributed by atoms with Crippen molar-refractivity contribution in [1.29, 1.82) is 0 Å². The van der Waals surface area contributed by atoms with Crippen molar-refractivity contribution in [2.75, 3.05) is 0 Å². The van der Waals surface area contributed by atoms with Gasteiger partial charge in [-0.1, -0.05) is 42.3 Å². The Labute approximate surface area is 187 Å². The number of aliphatic imine (C=N–C) groups is 2. The van der Waals surface area contributed by atoms with Crippen molar-refractivity contribution in [2.45, 2.75) is 61.4 Å². The molecule has 0 N–H and O–H groups in total. The standard InChI is InChI=1S/C27H35N4/c1-9-24(28-26-20(4)12-18(2)13-21(26)5)25(16-31-11-10-30(8)17-31)29-27-22(6)14-19(3)15-23(27)7/h10-15,17H,9,16H2,1-8H3/q+1. The summed E-state index contributed by atoms with van der Waals surface area (Å²) in [7, 11) is 2.04. The zero-order chi connectivity index (χ0) is 22.7. The highest BCUT2D eigenvalue weighted by atomic mass is 15.1. The number of nitrogens with zero attached hydrogens (tertiary/aromatic N) is 4. The summed E-state index contributed by atoms with van der Waals surface area (Å²) in [6, 6.07) is 8.82. The van der Waals surface area contributed by atoms with Gasteiger partial charge in [-0.05, 0) is 70.2 Å². The van der Waals surface area contributed by atoms with Gasteiger partial charge in [0.15, 0.2) is 0 Å². The van der Waals surface area contributed by atoms with Crippen LogP contribution in [-0.2, 0) is 13.6 Å². The Bertz CT molecular complexity index is 1120. The molecule has 0 saturated heterocycles. The molecule has 0 aliphatic carbocycles. The molecule has 162 valence electrons. The predicted octanol–water partition coefficient (Wildman–Crippen LogP) is 6.12. The Morgan fingerprint density at radius 2 is 1.23 bits per heavy atom. The molecule has 3 aromatic rings. The SMILES string of the molecule is CCC(=Nc1c(C)cc(C)cc1C)C(C[n+]1ccn(C)c1)=Nc1c(C)cc(C)cc1C. The van der Waals surface area contributed by atoms with Crippen molar-refractivity contribution in [3.05, 3.63) is 76.4 Å². The van der Waals surface area contributed by atoms with Gasteiger partial charge in [-0.15, -0.1) is 0 Å². The Balaban J connectivity index is 2.17. The number of hydrogen-bond donors (Lipinski definition) is 0. The van der Waals surface area contributed by atoms with Crippen LogP contribution in [0.5, 0.6) is 0 Å². The third kappa shape index (κ3) is 5.38. The van der Waals surface area contributed by atoms with Gasteiger partial charge < -0.3 is 0 Å². The summed E-state index contributed by atoms with van der Waals surface area (Å²) in [5.41, 5.74) is 11.5. The second-order valence-corrected chi connectivity index (χ2v) is 8.72. The molecule has 0 radical (unpaired) electrons. The normalized spacial score (nSPS) is 12.5. The van der Waals surface area contributed by atoms with Crippen LogP contribution < -0.4 is 4.57 Å². The molecule has 1 heterocycles. The van der Waals surface area contributed by atoms with Gasteiger partial charge in [0.25, 0.3) is 0 Å². The van der Waals surface area contributed by atoms with E-state index in [-0.39, 0.29) is 0 Å². The summed E-state index contributed by atoms with van der Waals surface area (Å²) in [5.74, 6) is 0. The van der Waals surface area contributed by atoms with Gasteiger partial charge in [0.2, 0.25) is 6.33 Å². The number of aromatic nitrogens is 2. The Kier molecular flexibility index (Phi) is 6.89. The fourth-order valence-corrected chi connectivity index (χ4v) is 4.27. The van der Waals surface area contributed by atoms with E-state index in [2.05, 4.69) is 101 Å².